The maximum atomic E-state index is 12.3. The van der Waals surface area contributed by atoms with Crippen LogP contribution >= 0.6 is 0 Å². The first-order chi connectivity index (χ1) is 9.24. The lowest BCUT2D eigenvalue weighted by atomic mass is 10.1. The number of carbonyl (C=O) groups is 1. The summed E-state index contributed by atoms with van der Waals surface area (Å²) in [5.74, 6) is -0.127. The molecule has 19 heavy (non-hydrogen) atoms. The number of aromatic nitrogens is 2. The van der Waals surface area contributed by atoms with Gasteiger partial charge < -0.3 is 5.32 Å². The fourth-order valence-electron chi connectivity index (χ4n) is 2.09. The average molecular weight is 251 g/mol. The van der Waals surface area contributed by atoms with Gasteiger partial charge in [-0.3, -0.25) is 9.89 Å². The van der Waals surface area contributed by atoms with Crippen LogP contribution in [0.5, 0.6) is 0 Å². The van der Waals surface area contributed by atoms with E-state index in [2.05, 4.69) is 15.5 Å². The Morgan fingerprint density at radius 2 is 2.05 bits per heavy atom. The number of nitrogens with zero attached hydrogens (tertiary/aromatic N) is 1. The maximum Gasteiger partial charge on any atom is 0.256 e. The van der Waals surface area contributed by atoms with Crippen LogP contribution in [0.4, 0.5) is 5.69 Å². The molecule has 1 aromatic heterocycles. The number of nitrogens with one attached hydrogen (secondary N) is 2. The van der Waals surface area contributed by atoms with Gasteiger partial charge in [-0.2, -0.15) is 5.10 Å². The molecule has 0 atom stereocenters. The number of H-pyrrole nitrogens is 1. The van der Waals surface area contributed by atoms with Crippen molar-refractivity contribution in [2.24, 2.45) is 0 Å². The van der Waals surface area contributed by atoms with E-state index in [1.54, 1.807) is 12.3 Å². The van der Waals surface area contributed by atoms with Gasteiger partial charge in [-0.25, -0.2) is 0 Å². The Hall–Kier alpha value is -2.62. The van der Waals surface area contributed by atoms with Crippen molar-refractivity contribution in [1.29, 1.82) is 0 Å². The van der Waals surface area contributed by atoms with Crippen LogP contribution in [0.25, 0.3) is 10.9 Å². The molecule has 0 aliphatic heterocycles. The SMILES string of the molecule is Cc1cccc(NC(=O)c2cccc3[nH]ncc23)c1. The van der Waals surface area contributed by atoms with Crippen LogP contribution in [0.2, 0.25) is 0 Å². The molecule has 3 aromatic rings. The Morgan fingerprint density at radius 1 is 1.21 bits per heavy atom. The minimum absolute atomic E-state index is 0.127. The predicted molar refractivity (Wildman–Crippen MR) is 75.2 cm³/mol. The van der Waals surface area contributed by atoms with E-state index in [4.69, 9.17) is 0 Å². The molecule has 3 rings (SSSR count). The highest BCUT2D eigenvalue weighted by molar-refractivity contribution is 6.12. The molecule has 4 heteroatoms. The standard InChI is InChI=1S/C15H13N3O/c1-10-4-2-5-11(8-10)17-15(19)12-6-3-7-14-13(12)9-16-18-14/h2-9H,1H3,(H,16,18)(H,17,19). The van der Waals surface area contributed by atoms with E-state index in [-0.39, 0.29) is 5.91 Å². The van der Waals surface area contributed by atoms with Crippen LogP contribution < -0.4 is 5.32 Å². The van der Waals surface area contributed by atoms with Gasteiger partial charge >= 0.3 is 0 Å². The zero-order valence-corrected chi connectivity index (χ0v) is 10.5. The molecule has 4 nitrogen and oxygen atoms in total. The lowest BCUT2D eigenvalue weighted by Crippen LogP contribution is -2.12. The number of benzene rings is 2. The predicted octanol–water partition coefficient (Wildman–Crippen LogP) is 3.12. The molecule has 1 heterocycles. The Balaban J connectivity index is 1.94. The van der Waals surface area contributed by atoms with E-state index in [9.17, 15) is 4.79 Å². The van der Waals surface area contributed by atoms with Crippen molar-refractivity contribution in [3.63, 3.8) is 0 Å². The molecule has 0 saturated heterocycles. The molecule has 0 fully saturated rings. The summed E-state index contributed by atoms with van der Waals surface area (Å²) < 4.78 is 0. The first-order valence-corrected chi connectivity index (χ1v) is 6.04. The highest BCUT2D eigenvalue weighted by atomic mass is 16.1. The van der Waals surface area contributed by atoms with Crippen LogP contribution in [0, 0.1) is 6.92 Å². The van der Waals surface area contributed by atoms with E-state index in [1.165, 1.54) is 0 Å². The minimum Gasteiger partial charge on any atom is -0.322 e. The summed E-state index contributed by atoms with van der Waals surface area (Å²) in [6, 6.07) is 13.3. The smallest absolute Gasteiger partial charge is 0.256 e. The molecular formula is C15H13N3O. The van der Waals surface area contributed by atoms with Gasteiger partial charge in [0.05, 0.1) is 17.3 Å². The highest BCUT2D eigenvalue weighted by Gasteiger charge is 2.11. The third-order valence-electron chi connectivity index (χ3n) is 3.01. The number of aromatic amines is 1. The quantitative estimate of drug-likeness (QED) is 0.735. The number of aryl methyl sites for hydroxylation is 1. The van der Waals surface area contributed by atoms with Crippen molar-refractivity contribution in [2.45, 2.75) is 6.92 Å². The average Bonchev–Trinajstić information content (AvgIpc) is 2.86. The van der Waals surface area contributed by atoms with Crippen LogP contribution in [0.1, 0.15) is 15.9 Å². The van der Waals surface area contributed by atoms with Gasteiger partial charge in [-0.05, 0) is 36.8 Å². The van der Waals surface area contributed by atoms with Crippen molar-refractivity contribution in [1.82, 2.24) is 10.2 Å². The summed E-state index contributed by atoms with van der Waals surface area (Å²) in [5, 5.41) is 10.5. The Kier molecular flexibility index (Phi) is 2.76. The van der Waals surface area contributed by atoms with Crippen LogP contribution in [0.15, 0.2) is 48.7 Å². The summed E-state index contributed by atoms with van der Waals surface area (Å²) in [5.41, 5.74) is 3.38. The zero-order valence-electron chi connectivity index (χ0n) is 10.5. The molecule has 0 bridgehead atoms. The second-order valence-corrected chi connectivity index (χ2v) is 4.46. The van der Waals surface area contributed by atoms with E-state index in [1.807, 2.05) is 43.3 Å². The van der Waals surface area contributed by atoms with E-state index in [0.717, 1.165) is 22.2 Å². The Labute approximate surface area is 110 Å². The van der Waals surface area contributed by atoms with Crippen LogP contribution in [0.3, 0.4) is 0 Å². The van der Waals surface area contributed by atoms with Gasteiger partial charge in [-0.15, -0.1) is 0 Å². The van der Waals surface area contributed by atoms with E-state index < -0.39 is 0 Å². The Morgan fingerprint density at radius 3 is 2.89 bits per heavy atom. The van der Waals surface area contributed by atoms with Crippen molar-refractivity contribution >= 4 is 22.5 Å². The molecule has 2 N–H and O–H groups in total. The molecule has 0 saturated carbocycles. The molecule has 0 radical (unpaired) electrons. The number of hydrogen-bond donors (Lipinski definition) is 2. The van der Waals surface area contributed by atoms with E-state index in [0.29, 0.717) is 5.56 Å². The van der Waals surface area contributed by atoms with Crippen LogP contribution in [-0.4, -0.2) is 16.1 Å². The lowest BCUT2D eigenvalue weighted by Gasteiger charge is -2.06. The topological polar surface area (TPSA) is 57.8 Å². The van der Waals surface area contributed by atoms with Crippen LogP contribution in [-0.2, 0) is 0 Å². The third kappa shape index (κ3) is 2.20. The lowest BCUT2D eigenvalue weighted by molar-refractivity contribution is 0.102. The summed E-state index contributed by atoms with van der Waals surface area (Å²) in [7, 11) is 0. The maximum absolute atomic E-state index is 12.3. The number of anilines is 1. The number of amides is 1. The summed E-state index contributed by atoms with van der Waals surface area (Å²) >= 11 is 0. The monoisotopic (exact) mass is 251 g/mol. The highest BCUT2D eigenvalue weighted by Crippen LogP contribution is 2.18. The van der Waals surface area contributed by atoms with Crippen molar-refractivity contribution in [3.8, 4) is 0 Å². The molecule has 0 aliphatic rings. The van der Waals surface area contributed by atoms with Crippen molar-refractivity contribution in [2.75, 3.05) is 5.32 Å². The fourth-order valence-corrected chi connectivity index (χ4v) is 2.09. The largest absolute Gasteiger partial charge is 0.322 e. The van der Waals surface area contributed by atoms with Gasteiger partial charge in [-0.1, -0.05) is 18.2 Å². The normalized spacial score (nSPS) is 10.6. The van der Waals surface area contributed by atoms with Gasteiger partial charge in [0, 0.05) is 11.1 Å². The summed E-state index contributed by atoms with van der Waals surface area (Å²) in [6.07, 6.45) is 1.67. The van der Waals surface area contributed by atoms with Gasteiger partial charge in [0.25, 0.3) is 5.91 Å². The molecule has 0 aliphatic carbocycles. The molecular weight excluding hydrogens is 238 g/mol. The van der Waals surface area contributed by atoms with E-state index >= 15 is 0 Å². The molecule has 0 spiro atoms. The van der Waals surface area contributed by atoms with Gasteiger partial charge in [0.1, 0.15) is 0 Å². The number of carbonyl (C=O) groups excluding carboxylic acids is 1. The second kappa shape index (κ2) is 4.57. The third-order valence-corrected chi connectivity index (χ3v) is 3.01. The van der Waals surface area contributed by atoms with Crippen molar-refractivity contribution < 1.29 is 4.79 Å². The summed E-state index contributed by atoms with van der Waals surface area (Å²) in [6.45, 7) is 1.99. The molecule has 1 amide bonds. The minimum atomic E-state index is -0.127. The van der Waals surface area contributed by atoms with Gasteiger partial charge in [0.15, 0.2) is 0 Å². The zero-order chi connectivity index (χ0) is 13.2. The second-order valence-electron chi connectivity index (χ2n) is 4.46. The molecule has 2 aromatic carbocycles. The molecule has 0 unspecified atom stereocenters. The van der Waals surface area contributed by atoms with Gasteiger partial charge in [0.2, 0.25) is 0 Å². The Bertz CT molecular complexity index is 746. The summed E-state index contributed by atoms with van der Waals surface area (Å²) in [4.78, 5) is 12.3. The fraction of sp³-hybridized carbons (Fsp3) is 0.0667. The number of rotatable bonds is 2. The molecule has 94 valence electrons. The first kappa shape index (κ1) is 11.5. The number of fused-ring (bicyclic) bond motifs is 1. The van der Waals surface area contributed by atoms with Crippen molar-refractivity contribution in [3.05, 3.63) is 59.8 Å². The number of hydrogen-bond acceptors (Lipinski definition) is 2. The first-order valence-electron chi connectivity index (χ1n) is 6.04.